The van der Waals surface area contributed by atoms with Gasteiger partial charge in [-0.3, -0.25) is 0 Å². The summed E-state index contributed by atoms with van der Waals surface area (Å²) in [7, 11) is 0. The van der Waals surface area contributed by atoms with Crippen molar-refractivity contribution in [1.29, 1.82) is 0 Å². The summed E-state index contributed by atoms with van der Waals surface area (Å²) in [4.78, 5) is 6.32. The van der Waals surface area contributed by atoms with E-state index in [4.69, 9.17) is 15.4 Å². The van der Waals surface area contributed by atoms with Crippen molar-refractivity contribution in [3.8, 4) is 0 Å². The van der Waals surface area contributed by atoms with E-state index in [9.17, 15) is 0 Å². The van der Waals surface area contributed by atoms with E-state index < -0.39 is 6.04 Å². The molecule has 0 saturated carbocycles. The van der Waals surface area contributed by atoms with Gasteiger partial charge in [0.2, 0.25) is 5.89 Å². The summed E-state index contributed by atoms with van der Waals surface area (Å²) in [5.41, 5.74) is 5.60. The Hall–Kier alpha value is -1.14. The third-order valence-corrected chi connectivity index (χ3v) is 2.83. The minimum atomic E-state index is -0.576. The molecule has 1 aliphatic rings. The monoisotopic (exact) mass is 226 g/mol. The van der Waals surface area contributed by atoms with Crippen LogP contribution in [0.1, 0.15) is 37.6 Å². The highest BCUT2D eigenvalue weighted by Gasteiger charge is 2.18. The lowest BCUT2D eigenvalue weighted by Crippen LogP contribution is -2.25. The highest BCUT2D eigenvalue weighted by atomic mass is 16.5. The van der Waals surface area contributed by atoms with Crippen molar-refractivity contribution in [2.45, 2.75) is 31.7 Å². The van der Waals surface area contributed by atoms with Crippen molar-refractivity contribution in [3.63, 3.8) is 0 Å². The molecule has 1 atom stereocenters. The number of hydrogen-bond acceptors (Lipinski definition) is 6. The highest BCUT2D eigenvalue weighted by molar-refractivity contribution is 5.27. The summed E-state index contributed by atoms with van der Waals surface area (Å²) in [5, 5.41) is 12.8. The fraction of sp³-hybridized carbons (Fsp3) is 0.800. The Balaban J connectivity index is 2.05. The molecule has 16 heavy (non-hydrogen) atoms. The van der Waals surface area contributed by atoms with E-state index in [-0.39, 0.29) is 6.61 Å². The van der Waals surface area contributed by atoms with E-state index in [0.717, 1.165) is 25.9 Å². The summed E-state index contributed by atoms with van der Waals surface area (Å²) >= 11 is 0. The molecular weight excluding hydrogens is 208 g/mol. The Morgan fingerprint density at radius 1 is 1.31 bits per heavy atom. The lowest BCUT2D eigenvalue weighted by molar-refractivity contribution is 0.237. The molecule has 0 amide bonds. The number of nitrogens with two attached hydrogens (primary N) is 1. The largest absolute Gasteiger partial charge is 0.394 e. The second kappa shape index (κ2) is 5.27. The number of nitrogens with zero attached hydrogens (tertiary/aromatic N) is 3. The molecule has 1 fully saturated rings. The van der Waals surface area contributed by atoms with Gasteiger partial charge in [0.1, 0.15) is 6.04 Å². The van der Waals surface area contributed by atoms with Gasteiger partial charge >= 0.3 is 0 Å². The van der Waals surface area contributed by atoms with Crippen molar-refractivity contribution >= 4 is 5.95 Å². The summed E-state index contributed by atoms with van der Waals surface area (Å²) in [6.07, 6.45) is 4.85. The first kappa shape index (κ1) is 11.3. The van der Waals surface area contributed by atoms with E-state index in [1.54, 1.807) is 0 Å². The van der Waals surface area contributed by atoms with E-state index in [2.05, 4.69) is 15.0 Å². The van der Waals surface area contributed by atoms with Crippen molar-refractivity contribution in [3.05, 3.63) is 5.89 Å². The molecule has 3 N–H and O–H groups in total. The average molecular weight is 226 g/mol. The van der Waals surface area contributed by atoms with Gasteiger partial charge < -0.3 is 20.3 Å². The van der Waals surface area contributed by atoms with Crippen LogP contribution in [0.25, 0.3) is 0 Å². The van der Waals surface area contributed by atoms with E-state index in [0.29, 0.717) is 11.8 Å². The van der Waals surface area contributed by atoms with Crippen LogP contribution in [0.3, 0.4) is 0 Å². The van der Waals surface area contributed by atoms with Crippen molar-refractivity contribution in [1.82, 2.24) is 10.1 Å². The first-order valence-corrected chi connectivity index (χ1v) is 5.76. The Morgan fingerprint density at radius 2 is 2.00 bits per heavy atom. The van der Waals surface area contributed by atoms with E-state index in [1.165, 1.54) is 12.8 Å². The Kier molecular flexibility index (Phi) is 3.74. The number of rotatable bonds is 3. The first-order valence-electron chi connectivity index (χ1n) is 5.76. The van der Waals surface area contributed by atoms with Crippen LogP contribution in [0.2, 0.25) is 0 Å². The molecule has 0 unspecified atom stereocenters. The van der Waals surface area contributed by atoms with Crippen molar-refractivity contribution in [2.24, 2.45) is 5.73 Å². The van der Waals surface area contributed by atoms with Crippen LogP contribution in [0, 0.1) is 0 Å². The summed E-state index contributed by atoms with van der Waals surface area (Å²) in [6, 6.07) is -0.576. The fourth-order valence-electron chi connectivity index (χ4n) is 1.85. The molecule has 2 heterocycles. The number of anilines is 1. The summed E-state index contributed by atoms with van der Waals surface area (Å²) in [6.45, 7) is 1.75. The zero-order valence-corrected chi connectivity index (χ0v) is 9.30. The molecule has 90 valence electrons. The first-order chi connectivity index (χ1) is 7.81. The molecule has 2 rings (SSSR count). The van der Waals surface area contributed by atoms with Crippen molar-refractivity contribution < 1.29 is 9.63 Å². The van der Waals surface area contributed by atoms with Gasteiger partial charge in [0.05, 0.1) is 6.61 Å². The summed E-state index contributed by atoms with van der Waals surface area (Å²) < 4.78 is 5.02. The second-order valence-corrected chi connectivity index (χ2v) is 4.12. The van der Waals surface area contributed by atoms with Gasteiger partial charge in [-0.25, -0.2) is 0 Å². The molecule has 0 aliphatic carbocycles. The van der Waals surface area contributed by atoms with Crippen LogP contribution in [0.15, 0.2) is 4.52 Å². The van der Waals surface area contributed by atoms with Crippen molar-refractivity contribution in [2.75, 3.05) is 24.6 Å². The number of aromatic nitrogens is 2. The fourth-order valence-corrected chi connectivity index (χ4v) is 1.85. The predicted molar refractivity (Wildman–Crippen MR) is 59.0 cm³/mol. The number of aliphatic hydroxyl groups excluding tert-OH is 1. The van der Waals surface area contributed by atoms with Gasteiger partial charge in [0.15, 0.2) is 0 Å². The molecular formula is C10H18N4O2. The molecule has 6 nitrogen and oxygen atoms in total. The minimum absolute atomic E-state index is 0.179. The minimum Gasteiger partial charge on any atom is -0.394 e. The van der Waals surface area contributed by atoms with Crippen LogP contribution in [-0.2, 0) is 0 Å². The van der Waals surface area contributed by atoms with E-state index >= 15 is 0 Å². The Labute approximate surface area is 94.4 Å². The molecule has 0 aromatic carbocycles. The van der Waals surface area contributed by atoms with Crippen LogP contribution in [-0.4, -0.2) is 34.9 Å². The zero-order valence-electron chi connectivity index (χ0n) is 9.30. The molecule has 1 aromatic rings. The second-order valence-electron chi connectivity index (χ2n) is 4.12. The maximum absolute atomic E-state index is 8.89. The normalized spacial score (nSPS) is 19.5. The third-order valence-electron chi connectivity index (χ3n) is 2.83. The lowest BCUT2D eigenvalue weighted by atomic mass is 10.2. The van der Waals surface area contributed by atoms with Gasteiger partial charge in [-0.05, 0) is 18.0 Å². The average Bonchev–Trinajstić information content (AvgIpc) is 2.64. The maximum Gasteiger partial charge on any atom is 0.266 e. The van der Waals surface area contributed by atoms with Crippen LogP contribution < -0.4 is 10.6 Å². The van der Waals surface area contributed by atoms with Gasteiger partial charge in [-0.15, -0.1) is 0 Å². The van der Waals surface area contributed by atoms with Crippen LogP contribution >= 0.6 is 0 Å². The maximum atomic E-state index is 8.89. The lowest BCUT2D eigenvalue weighted by Gasteiger charge is -2.16. The van der Waals surface area contributed by atoms with Gasteiger partial charge in [-0.1, -0.05) is 12.8 Å². The van der Waals surface area contributed by atoms with Crippen LogP contribution in [0.4, 0.5) is 5.95 Å². The molecule has 0 spiro atoms. The molecule has 0 bridgehead atoms. The highest BCUT2D eigenvalue weighted by Crippen LogP contribution is 2.17. The zero-order chi connectivity index (χ0) is 11.4. The SMILES string of the molecule is N[C@@H](CO)c1nc(N2CCCCCC2)no1. The third kappa shape index (κ3) is 2.51. The predicted octanol–water partition coefficient (Wildman–Crippen LogP) is 0.442. The molecule has 0 radical (unpaired) electrons. The topological polar surface area (TPSA) is 88.4 Å². The summed E-state index contributed by atoms with van der Waals surface area (Å²) in [5.74, 6) is 0.905. The van der Waals surface area contributed by atoms with E-state index in [1.807, 2.05) is 0 Å². The Morgan fingerprint density at radius 3 is 2.62 bits per heavy atom. The molecule has 1 aliphatic heterocycles. The van der Waals surface area contributed by atoms with Gasteiger partial charge in [0.25, 0.3) is 5.95 Å². The smallest absolute Gasteiger partial charge is 0.266 e. The number of aliphatic hydroxyl groups is 1. The standard InChI is InChI=1S/C10H18N4O2/c11-8(7-15)9-12-10(13-16-9)14-5-3-1-2-4-6-14/h8,15H,1-7,11H2/t8-/m0/s1. The van der Waals surface area contributed by atoms with Gasteiger partial charge in [-0.2, -0.15) is 4.98 Å². The Bertz CT molecular complexity index is 320. The quantitative estimate of drug-likeness (QED) is 0.777. The molecule has 1 saturated heterocycles. The van der Waals surface area contributed by atoms with Gasteiger partial charge in [0, 0.05) is 13.1 Å². The number of hydrogen-bond donors (Lipinski definition) is 2. The molecule has 1 aromatic heterocycles. The van der Waals surface area contributed by atoms with Crippen LogP contribution in [0.5, 0.6) is 0 Å². The molecule has 6 heteroatoms.